The van der Waals surface area contributed by atoms with Gasteiger partial charge in [0, 0.05) is 39.5 Å². The van der Waals surface area contributed by atoms with Gasteiger partial charge in [-0.05, 0) is 43.5 Å². The third-order valence-corrected chi connectivity index (χ3v) is 5.71. The van der Waals surface area contributed by atoms with Crippen molar-refractivity contribution in [2.45, 2.75) is 24.2 Å². The number of guanidine groups is 1. The van der Waals surface area contributed by atoms with Gasteiger partial charge in [-0.1, -0.05) is 12.1 Å². The number of nitrogens with one attached hydrogen (secondary N) is 2. The molecule has 0 radical (unpaired) electrons. The highest BCUT2D eigenvalue weighted by atomic mass is 32.2. The Bertz CT molecular complexity index is 683. The van der Waals surface area contributed by atoms with Gasteiger partial charge in [0.1, 0.15) is 0 Å². The van der Waals surface area contributed by atoms with Crippen molar-refractivity contribution in [1.82, 2.24) is 15.5 Å². The minimum Gasteiger partial charge on any atom is -0.379 e. The summed E-state index contributed by atoms with van der Waals surface area (Å²) in [6, 6.07) is 7.04. The molecule has 8 heteroatoms. The second-order valence-corrected chi connectivity index (χ2v) is 8.77. The molecule has 0 unspecified atom stereocenters. The van der Waals surface area contributed by atoms with Gasteiger partial charge in [0.05, 0.1) is 18.1 Å². The summed E-state index contributed by atoms with van der Waals surface area (Å²) in [6.07, 6.45) is 4.30. The Labute approximate surface area is 163 Å². The van der Waals surface area contributed by atoms with E-state index in [2.05, 4.69) is 20.5 Å². The summed E-state index contributed by atoms with van der Waals surface area (Å²) in [4.78, 5) is 7.05. The summed E-state index contributed by atoms with van der Waals surface area (Å²) in [5, 5.41) is 6.64. The van der Waals surface area contributed by atoms with Crippen molar-refractivity contribution in [3.8, 4) is 0 Å². The average Bonchev–Trinajstić information content (AvgIpc) is 2.67. The van der Waals surface area contributed by atoms with E-state index in [0.717, 1.165) is 76.7 Å². The lowest BCUT2D eigenvalue weighted by Gasteiger charge is -2.26. The molecule has 1 fully saturated rings. The predicted molar refractivity (Wildman–Crippen MR) is 109 cm³/mol. The number of nitrogens with zero attached hydrogens (tertiary/aromatic N) is 2. The van der Waals surface area contributed by atoms with Gasteiger partial charge in [-0.25, -0.2) is 8.42 Å². The molecule has 152 valence electrons. The first-order valence-corrected chi connectivity index (χ1v) is 11.4. The van der Waals surface area contributed by atoms with Gasteiger partial charge in [-0.2, -0.15) is 0 Å². The van der Waals surface area contributed by atoms with E-state index in [1.807, 2.05) is 12.1 Å². The molecule has 2 rings (SSSR count). The van der Waals surface area contributed by atoms with E-state index in [4.69, 9.17) is 4.74 Å². The van der Waals surface area contributed by atoms with Crippen LogP contribution in [-0.2, 0) is 21.0 Å². The number of sulfone groups is 1. The number of hydrogen-bond donors (Lipinski definition) is 2. The number of ether oxygens (including phenoxy) is 1. The Morgan fingerprint density at radius 1 is 1.11 bits per heavy atom. The highest BCUT2D eigenvalue weighted by Gasteiger charge is 2.09. The molecule has 0 amide bonds. The fraction of sp³-hybridized carbons (Fsp3) is 0.632. The van der Waals surface area contributed by atoms with Crippen LogP contribution in [0.5, 0.6) is 0 Å². The first kappa shape index (κ1) is 21.7. The lowest BCUT2D eigenvalue weighted by molar-refractivity contribution is 0.0372. The van der Waals surface area contributed by atoms with Crippen LogP contribution >= 0.6 is 0 Å². The molecule has 0 aromatic heterocycles. The topological polar surface area (TPSA) is 83.0 Å². The largest absolute Gasteiger partial charge is 0.379 e. The smallest absolute Gasteiger partial charge is 0.190 e. The van der Waals surface area contributed by atoms with E-state index < -0.39 is 9.84 Å². The number of benzene rings is 1. The van der Waals surface area contributed by atoms with Crippen LogP contribution in [0, 0.1) is 0 Å². The average molecular weight is 397 g/mol. The predicted octanol–water partition coefficient (Wildman–Crippen LogP) is 0.910. The molecule has 0 saturated carbocycles. The molecule has 7 nitrogen and oxygen atoms in total. The van der Waals surface area contributed by atoms with Crippen molar-refractivity contribution < 1.29 is 13.2 Å². The Morgan fingerprint density at radius 2 is 1.78 bits per heavy atom. The summed E-state index contributed by atoms with van der Waals surface area (Å²) in [6.45, 7) is 6.56. The van der Waals surface area contributed by atoms with Gasteiger partial charge < -0.3 is 15.4 Å². The summed E-state index contributed by atoms with van der Waals surface area (Å²) in [5.41, 5.74) is 1.09. The molecular formula is C19H32N4O3S. The van der Waals surface area contributed by atoms with Crippen molar-refractivity contribution in [3.05, 3.63) is 29.8 Å². The third kappa shape index (κ3) is 8.28. The quantitative estimate of drug-likeness (QED) is 0.367. The normalized spacial score (nSPS) is 16.3. The molecule has 1 aliphatic rings. The number of aliphatic imine (C=N–C) groups is 1. The van der Waals surface area contributed by atoms with E-state index >= 15 is 0 Å². The van der Waals surface area contributed by atoms with Crippen molar-refractivity contribution in [3.63, 3.8) is 0 Å². The minimum absolute atomic E-state index is 0.355. The lowest BCUT2D eigenvalue weighted by Crippen LogP contribution is -2.39. The molecule has 1 heterocycles. The van der Waals surface area contributed by atoms with Crippen LogP contribution in [0.3, 0.4) is 0 Å². The standard InChI is InChI=1S/C19H32N4O3S/c1-20-19(21-10-3-4-12-23-13-15-26-16-14-23)22-11-9-17-5-7-18(8-6-17)27(2,24)25/h5-8H,3-4,9-16H2,1-2H3,(H2,20,21,22). The third-order valence-electron chi connectivity index (χ3n) is 4.58. The molecule has 27 heavy (non-hydrogen) atoms. The number of unbranched alkanes of at least 4 members (excludes halogenated alkanes) is 1. The van der Waals surface area contributed by atoms with Gasteiger partial charge >= 0.3 is 0 Å². The molecule has 0 bridgehead atoms. The molecule has 2 N–H and O–H groups in total. The molecule has 0 aliphatic carbocycles. The number of hydrogen-bond acceptors (Lipinski definition) is 5. The van der Waals surface area contributed by atoms with E-state index in [0.29, 0.717) is 4.90 Å². The van der Waals surface area contributed by atoms with Crippen LogP contribution in [0.4, 0.5) is 0 Å². The fourth-order valence-corrected chi connectivity index (χ4v) is 3.57. The Hall–Kier alpha value is -1.64. The molecule has 1 saturated heterocycles. The van der Waals surface area contributed by atoms with Crippen LogP contribution in [0.15, 0.2) is 34.2 Å². The van der Waals surface area contributed by atoms with Gasteiger partial charge in [-0.3, -0.25) is 9.89 Å². The first-order chi connectivity index (χ1) is 13.0. The number of morpholine rings is 1. The maximum absolute atomic E-state index is 11.5. The zero-order valence-corrected chi connectivity index (χ0v) is 17.2. The van der Waals surface area contributed by atoms with E-state index in [1.54, 1.807) is 19.2 Å². The van der Waals surface area contributed by atoms with E-state index in [9.17, 15) is 8.42 Å². The van der Waals surface area contributed by atoms with Gasteiger partial charge in [0.25, 0.3) is 0 Å². The van der Waals surface area contributed by atoms with E-state index in [-0.39, 0.29) is 0 Å². The van der Waals surface area contributed by atoms with Crippen LogP contribution in [0.1, 0.15) is 18.4 Å². The zero-order chi connectivity index (χ0) is 19.5. The van der Waals surface area contributed by atoms with Crippen molar-refractivity contribution in [1.29, 1.82) is 0 Å². The molecule has 1 aromatic carbocycles. The Kier molecular flexibility index (Phi) is 9.03. The summed E-state index contributed by atoms with van der Waals surface area (Å²) < 4.78 is 28.3. The molecule has 1 aromatic rings. The Morgan fingerprint density at radius 3 is 2.41 bits per heavy atom. The highest BCUT2D eigenvalue weighted by Crippen LogP contribution is 2.10. The highest BCUT2D eigenvalue weighted by molar-refractivity contribution is 7.90. The first-order valence-electron chi connectivity index (χ1n) is 9.52. The van der Waals surface area contributed by atoms with Gasteiger partial charge in [0.15, 0.2) is 15.8 Å². The van der Waals surface area contributed by atoms with Crippen LogP contribution < -0.4 is 10.6 Å². The van der Waals surface area contributed by atoms with Crippen molar-refractivity contribution >= 4 is 15.8 Å². The second-order valence-electron chi connectivity index (χ2n) is 6.75. The monoisotopic (exact) mass is 396 g/mol. The molecule has 1 aliphatic heterocycles. The molecular weight excluding hydrogens is 364 g/mol. The minimum atomic E-state index is -3.13. The van der Waals surface area contributed by atoms with Gasteiger partial charge in [0.2, 0.25) is 0 Å². The fourth-order valence-electron chi connectivity index (χ4n) is 2.94. The maximum Gasteiger partial charge on any atom is 0.190 e. The van der Waals surface area contributed by atoms with Crippen LogP contribution in [0.2, 0.25) is 0 Å². The van der Waals surface area contributed by atoms with E-state index in [1.165, 1.54) is 6.26 Å². The lowest BCUT2D eigenvalue weighted by atomic mass is 10.1. The summed E-state index contributed by atoms with van der Waals surface area (Å²) in [7, 11) is -1.37. The molecule has 0 spiro atoms. The van der Waals surface area contributed by atoms with Crippen LogP contribution in [0.25, 0.3) is 0 Å². The Balaban J connectivity index is 1.59. The van der Waals surface area contributed by atoms with Crippen LogP contribution in [-0.4, -0.2) is 78.5 Å². The maximum atomic E-state index is 11.5. The second kappa shape index (κ2) is 11.3. The molecule has 0 atom stereocenters. The number of rotatable bonds is 9. The summed E-state index contributed by atoms with van der Waals surface area (Å²) in [5.74, 6) is 0.800. The SMILES string of the molecule is CN=C(NCCCCN1CCOCC1)NCCc1ccc(S(C)(=O)=O)cc1. The van der Waals surface area contributed by atoms with Crippen molar-refractivity contribution in [2.75, 3.05) is 59.2 Å². The zero-order valence-electron chi connectivity index (χ0n) is 16.4. The summed E-state index contributed by atoms with van der Waals surface area (Å²) >= 11 is 0. The van der Waals surface area contributed by atoms with Gasteiger partial charge in [-0.15, -0.1) is 0 Å². The van der Waals surface area contributed by atoms with Crippen molar-refractivity contribution in [2.24, 2.45) is 4.99 Å².